The molecular weight excluding hydrogens is 381 g/mol. The third-order valence-electron chi connectivity index (χ3n) is 5.66. The molecule has 0 bridgehead atoms. The van der Waals surface area contributed by atoms with Gasteiger partial charge in [0.1, 0.15) is 0 Å². The lowest BCUT2D eigenvalue weighted by atomic mass is 9.78. The van der Waals surface area contributed by atoms with Gasteiger partial charge in [-0.05, 0) is 50.7 Å². The molecule has 140 valence electrons. The second-order valence-corrected chi connectivity index (χ2v) is 8.16. The molecule has 28 heavy (non-hydrogen) atoms. The summed E-state index contributed by atoms with van der Waals surface area (Å²) in [6.45, 7) is 0. The number of alkyl halides is 3. The monoisotopic (exact) mass is 396 g/mol. The van der Waals surface area contributed by atoms with Gasteiger partial charge in [-0.2, -0.15) is 13.2 Å². The fraction of sp³-hybridized carbons (Fsp3) is 0.174. The van der Waals surface area contributed by atoms with Crippen LogP contribution < -0.4 is 0 Å². The highest BCUT2D eigenvalue weighted by Gasteiger charge is 2.49. The van der Waals surface area contributed by atoms with Crippen LogP contribution in [0.3, 0.4) is 0 Å². The predicted octanol–water partition coefficient (Wildman–Crippen LogP) is 6.41. The minimum Gasteiger partial charge on any atom is -0.286 e. The Labute approximate surface area is 163 Å². The Morgan fingerprint density at radius 3 is 2.61 bits per heavy atom. The highest BCUT2D eigenvalue weighted by Crippen LogP contribution is 2.53. The van der Waals surface area contributed by atoms with Gasteiger partial charge in [0, 0.05) is 0 Å². The second kappa shape index (κ2) is 5.98. The smallest absolute Gasteiger partial charge is 0.286 e. The van der Waals surface area contributed by atoms with Crippen molar-refractivity contribution in [2.24, 2.45) is 0 Å². The largest absolute Gasteiger partial charge is 0.398 e. The van der Waals surface area contributed by atoms with Gasteiger partial charge in [-0.1, -0.05) is 72.4 Å². The summed E-state index contributed by atoms with van der Waals surface area (Å²) in [7, 11) is 0. The quantitative estimate of drug-likeness (QED) is 0.466. The first kappa shape index (κ1) is 17.6. The Kier molecular flexibility index (Phi) is 3.75. The van der Waals surface area contributed by atoms with Gasteiger partial charge in [-0.25, -0.2) is 0 Å². The van der Waals surface area contributed by atoms with Crippen LogP contribution in [0.4, 0.5) is 13.2 Å². The van der Waals surface area contributed by atoms with E-state index in [9.17, 15) is 18.0 Å². The van der Waals surface area contributed by atoms with Crippen molar-refractivity contribution >= 4 is 44.5 Å². The number of hydrogen-bond donors (Lipinski definition) is 0. The lowest BCUT2D eigenvalue weighted by Crippen LogP contribution is -2.32. The van der Waals surface area contributed by atoms with Crippen molar-refractivity contribution in [2.45, 2.75) is 18.0 Å². The van der Waals surface area contributed by atoms with Gasteiger partial charge in [-0.15, -0.1) is 0 Å². The first-order chi connectivity index (χ1) is 13.4. The van der Waals surface area contributed by atoms with Crippen LogP contribution >= 0.6 is 11.8 Å². The topological polar surface area (TPSA) is 17.1 Å². The summed E-state index contributed by atoms with van der Waals surface area (Å²) in [5.74, 6) is -1.16. The Balaban J connectivity index is 1.68. The van der Waals surface area contributed by atoms with Crippen molar-refractivity contribution in [1.82, 2.24) is 0 Å². The number of carbonyl (C=O) groups excluding carboxylic acids is 1. The molecule has 0 aromatic heterocycles. The maximum atomic E-state index is 13.0. The molecule has 0 heterocycles. The van der Waals surface area contributed by atoms with E-state index in [1.165, 1.54) is 0 Å². The van der Waals surface area contributed by atoms with Crippen LogP contribution in [-0.2, 0) is 10.2 Å². The third-order valence-corrected chi connectivity index (χ3v) is 6.74. The molecule has 1 atom stereocenters. The van der Waals surface area contributed by atoms with Gasteiger partial charge in [0.2, 0.25) is 5.12 Å². The molecule has 2 aliphatic rings. The molecule has 5 rings (SSSR count). The van der Waals surface area contributed by atoms with Crippen LogP contribution in [0.1, 0.15) is 17.5 Å². The van der Waals surface area contributed by atoms with Crippen LogP contribution in [0.25, 0.3) is 27.6 Å². The van der Waals surface area contributed by atoms with E-state index in [0.29, 0.717) is 18.2 Å². The molecule has 0 amide bonds. The summed E-state index contributed by atoms with van der Waals surface area (Å²) in [6.07, 6.45) is 1.78. The molecule has 0 saturated carbocycles. The standard InChI is InChI=1S/C23H15F3OS/c24-23(25,26)13-28-21(27)22-11-3-5-15(22)12-19-18-8-7-14-4-1-2-6-16(14)17(18)9-10-20(19)22/h1-10,12H,11,13H2. The minimum atomic E-state index is -4.36. The molecule has 1 unspecified atom stereocenters. The van der Waals surface area contributed by atoms with Gasteiger partial charge in [0.05, 0.1) is 11.2 Å². The Morgan fingerprint density at radius 1 is 1.00 bits per heavy atom. The lowest BCUT2D eigenvalue weighted by molar-refractivity contribution is -0.116. The van der Waals surface area contributed by atoms with Crippen LogP contribution in [0, 0.1) is 0 Å². The summed E-state index contributed by atoms with van der Waals surface area (Å²) in [5.41, 5.74) is 1.56. The molecule has 2 aliphatic carbocycles. The van der Waals surface area contributed by atoms with E-state index >= 15 is 0 Å². The van der Waals surface area contributed by atoms with Gasteiger partial charge < -0.3 is 0 Å². The molecule has 1 nitrogen and oxygen atoms in total. The van der Waals surface area contributed by atoms with E-state index in [0.717, 1.165) is 38.2 Å². The molecule has 0 radical (unpaired) electrons. The molecule has 0 aliphatic heterocycles. The van der Waals surface area contributed by atoms with Gasteiger partial charge in [-0.3, -0.25) is 4.79 Å². The van der Waals surface area contributed by atoms with E-state index in [2.05, 4.69) is 12.1 Å². The first-order valence-corrected chi connectivity index (χ1v) is 9.96. The fourth-order valence-corrected chi connectivity index (χ4v) is 5.29. The molecule has 0 spiro atoms. The lowest BCUT2D eigenvalue weighted by Gasteiger charge is -2.27. The zero-order valence-electron chi connectivity index (χ0n) is 14.7. The first-order valence-electron chi connectivity index (χ1n) is 8.98. The summed E-state index contributed by atoms with van der Waals surface area (Å²) in [5, 5.41) is 3.94. The maximum absolute atomic E-state index is 13.0. The third kappa shape index (κ3) is 2.46. The van der Waals surface area contributed by atoms with E-state index in [1.54, 1.807) is 0 Å². The van der Waals surface area contributed by atoms with Crippen molar-refractivity contribution < 1.29 is 18.0 Å². The number of allylic oxidation sites excluding steroid dienone is 3. The van der Waals surface area contributed by atoms with Crippen molar-refractivity contribution in [2.75, 3.05) is 5.75 Å². The molecule has 0 fully saturated rings. The fourth-order valence-electron chi connectivity index (χ4n) is 4.44. The zero-order chi connectivity index (χ0) is 19.5. The Bertz CT molecular complexity index is 1210. The van der Waals surface area contributed by atoms with Crippen molar-refractivity contribution in [3.05, 3.63) is 77.4 Å². The van der Waals surface area contributed by atoms with Crippen LogP contribution in [0.5, 0.6) is 0 Å². The summed E-state index contributed by atoms with van der Waals surface area (Å²) < 4.78 is 38.1. The highest BCUT2D eigenvalue weighted by atomic mass is 32.2. The highest BCUT2D eigenvalue weighted by molar-refractivity contribution is 8.13. The molecule has 3 aromatic rings. The van der Waals surface area contributed by atoms with Crippen molar-refractivity contribution in [3.8, 4) is 0 Å². The van der Waals surface area contributed by atoms with Gasteiger partial charge in [0.25, 0.3) is 0 Å². The normalized spacial score (nSPS) is 20.5. The molecule has 0 N–H and O–H groups in total. The van der Waals surface area contributed by atoms with Crippen molar-refractivity contribution in [3.63, 3.8) is 0 Å². The van der Waals surface area contributed by atoms with E-state index in [-0.39, 0.29) is 0 Å². The van der Waals surface area contributed by atoms with Crippen LogP contribution in [0.15, 0.2) is 66.3 Å². The molecule has 0 saturated heterocycles. The number of rotatable bonds is 2. The zero-order valence-corrected chi connectivity index (χ0v) is 15.5. The van der Waals surface area contributed by atoms with Gasteiger partial charge >= 0.3 is 6.18 Å². The average molecular weight is 396 g/mol. The predicted molar refractivity (Wildman–Crippen MR) is 108 cm³/mol. The summed E-state index contributed by atoms with van der Waals surface area (Å²) in [4.78, 5) is 13.0. The van der Waals surface area contributed by atoms with Gasteiger partial charge in [0.15, 0.2) is 0 Å². The van der Waals surface area contributed by atoms with Crippen LogP contribution in [0.2, 0.25) is 0 Å². The number of benzene rings is 3. The molecule has 3 aromatic carbocycles. The Hall–Kier alpha value is -2.53. The maximum Gasteiger partial charge on any atom is 0.398 e. The number of fused-ring (bicyclic) bond motifs is 7. The van der Waals surface area contributed by atoms with E-state index in [4.69, 9.17) is 0 Å². The summed E-state index contributed by atoms with van der Waals surface area (Å²) in [6, 6.07) is 16.1. The minimum absolute atomic E-state index is 0.375. The second-order valence-electron chi connectivity index (χ2n) is 7.21. The Morgan fingerprint density at radius 2 is 1.79 bits per heavy atom. The van der Waals surface area contributed by atoms with E-state index in [1.807, 2.05) is 54.6 Å². The number of thioether (sulfide) groups is 1. The number of halogens is 3. The number of carbonyl (C=O) groups is 1. The van der Waals surface area contributed by atoms with E-state index < -0.39 is 22.5 Å². The summed E-state index contributed by atoms with van der Waals surface area (Å²) >= 11 is 0.375. The molecule has 5 heteroatoms. The van der Waals surface area contributed by atoms with Crippen molar-refractivity contribution in [1.29, 1.82) is 0 Å². The molecular formula is C23H15F3OS. The number of hydrogen-bond acceptors (Lipinski definition) is 2. The van der Waals surface area contributed by atoms with Crippen LogP contribution in [-0.4, -0.2) is 17.0 Å². The average Bonchev–Trinajstić information content (AvgIpc) is 3.22. The SMILES string of the molecule is O=C(SCC(F)(F)F)C12CC=CC1=Cc1c2ccc2c1ccc1ccccc12.